The largest absolute Gasteiger partial charge is 0.467 e. The van der Waals surface area contributed by atoms with Crippen molar-refractivity contribution >= 4 is 11.9 Å². The quantitative estimate of drug-likeness (QED) is 0.740. The van der Waals surface area contributed by atoms with Crippen LogP contribution >= 0.6 is 0 Å². The van der Waals surface area contributed by atoms with Crippen LogP contribution in [0.2, 0.25) is 0 Å². The van der Waals surface area contributed by atoms with Crippen molar-refractivity contribution in [3.05, 3.63) is 18.3 Å². The Balaban J connectivity index is 3.10. The van der Waals surface area contributed by atoms with E-state index in [4.69, 9.17) is 4.74 Å². The van der Waals surface area contributed by atoms with Crippen molar-refractivity contribution in [2.24, 2.45) is 0 Å². The fourth-order valence-electron chi connectivity index (χ4n) is 1.34. The highest BCUT2D eigenvalue weighted by Crippen LogP contribution is 2.16. The van der Waals surface area contributed by atoms with E-state index in [1.54, 1.807) is 13.2 Å². The van der Waals surface area contributed by atoms with Gasteiger partial charge in [0, 0.05) is 19.2 Å². The summed E-state index contributed by atoms with van der Waals surface area (Å²) in [6.45, 7) is 9.69. The molecule has 0 amide bonds. The van der Waals surface area contributed by atoms with Crippen LogP contribution in [0, 0.1) is 0 Å². The Kier molecular flexibility index (Phi) is 4.09. The van der Waals surface area contributed by atoms with Gasteiger partial charge in [0.05, 0.1) is 12.8 Å². The molecule has 0 saturated heterocycles. The number of hydrogen-bond acceptors (Lipinski definition) is 4. The molecular weight excluding hydrogens is 190 g/mol. The molecule has 1 aromatic rings. The predicted octanol–water partition coefficient (Wildman–Crippen LogP) is 1.97. The molecule has 1 aromatic heterocycles. The van der Waals surface area contributed by atoms with Crippen LogP contribution in [-0.2, 0) is 0 Å². The Morgan fingerprint density at radius 2 is 2.07 bits per heavy atom. The highest BCUT2D eigenvalue weighted by Gasteiger charge is 2.07. The minimum absolute atomic E-state index is 0.384. The second kappa shape index (κ2) is 5.34. The van der Waals surface area contributed by atoms with Gasteiger partial charge in [-0.1, -0.05) is 6.58 Å². The molecule has 0 spiro atoms. The zero-order valence-corrected chi connectivity index (χ0v) is 9.53. The van der Waals surface area contributed by atoms with E-state index in [1.807, 2.05) is 6.07 Å². The van der Waals surface area contributed by atoms with E-state index in [1.165, 1.54) is 0 Å². The highest BCUT2D eigenvalue weighted by atomic mass is 16.5. The summed E-state index contributed by atoms with van der Waals surface area (Å²) in [4.78, 5) is 10.6. The molecule has 82 valence electrons. The fourth-order valence-corrected chi connectivity index (χ4v) is 1.34. The molecule has 15 heavy (non-hydrogen) atoms. The van der Waals surface area contributed by atoms with Crippen LogP contribution in [0.3, 0.4) is 0 Å². The molecule has 4 nitrogen and oxygen atoms in total. The average Bonchev–Trinajstić information content (AvgIpc) is 2.30. The van der Waals surface area contributed by atoms with E-state index < -0.39 is 0 Å². The number of ether oxygens (including phenoxy) is 1. The number of rotatable bonds is 5. The van der Waals surface area contributed by atoms with E-state index in [2.05, 4.69) is 35.3 Å². The molecular formula is C11H17N3O. The zero-order chi connectivity index (χ0) is 11.3. The van der Waals surface area contributed by atoms with Crippen LogP contribution in [0.15, 0.2) is 12.6 Å². The number of methoxy groups -OCH3 is 1. The zero-order valence-electron chi connectivity index (χ0n) is 9.53. The lowest BCUT2D eigenvalue weighted by Crippen LogP contribution is -2.23. The van der Waals surface area contributed by atoms with Crippen LogP contribution in [0.1, 0.15) is 19.5 Å². The Hall–Kier alpha value is -1.58. The van der Waals surface area contributed by atoms with E-state index >= 15 is 0 Å². The first-order valence-electron chi connectivity index (χ1n) is 5.05. The molecule has 4 heteroatoms. The van der Waals surface area contributed by atoms with Crippen LogP contribution < -0.4 is 9.64 Å². The van der Waals surface area contributed by atoms with Gasteiger partial charge < -0.3 is 9.64 Å². The van der Waals surface area contributed by atoms with Crippen LogP contribution in [-0.4, -0.2) is 30.2 Å². The summed E-state index contributed by atoms with van der Waals surface area (Å²) in [5.74, 6) is 0.877. The van der Waals surface area contributed by atoms with Crippen LogP contribution in [0.25, 0.3) is 6.08 Å². The lowest BCUT2D eigenvalue weighted by Gasteiger charge is -2.20. The molecule has 0 aliphatic rings. The summed E-state index contributed by atoms with van der Waals surface area (Å²) in [5.41, 5.74) is 0.781. The van der Waals surface area contributed by atoms with Crippen molar-refractivity contribution in [2.45, 2.75) is 13.8 Å². The molecule has 1 rings (SSSR count). The van der Waals surface area contributed by atoms with Crippen molar-refractivity contribution < 1.29 is 4.74 Å². The number of hydrogen-bond donors (Lipinski definition) is 0. The van der Waals surface area contributed by atoms with E-state index in [0.29, 0.717) is 6.01 Å². The Morgan fingerprint density at radius 1 is 1.40 bits per heavy atom. The van der Waals surface area contributed by atoms with Gasteiger partial charge in [0.25, 0.3) is 0 Å². The summed E-state index contributed by atoms with van der Waals surface area (Å²) in [5, 5.41) is 0. The average molecular weight is 207 g/mol. The standard InChI is InChI=1S/C11H17N3O/c1-5-9-8-10(14(6-2)7-3)13-11(12-9)15-4/h5,8H,1,6-7H2,2-4H3. The Bertz CT molecular complexity index is 335. The first-order chi connectivity index (χ1) is 7.24. The molecule has 0 radical (unpaired) electrons. The van der Waals surface area contributed by atoms with Gasteiger partial charge in [-0.3, -0.25) is 0 Å². The van der Waals surface area contributed by atoms with Gasteiger partial charge in [-0.05, 0) is 19.9 Å². The molecule has 0 unspecified atom stereocenters. The second-order valence-electron chi connectivity index (χ2n) is 3.01. The smallest absolute Gasteiger partial charge is 0.318 e. The third kappa shape index (κ3) is 2.68. The van der Waals surface area contributed by atoms with Crippen molar-refractivity contribution in [1.29, 1.82) is 0 Å². The summed E-state index contributed by atoms with van der Waals surface area (Å²) < 4.78 is 5.04. The maximum Gasteiger partial charge on any atom is 0.318 e. The molecule has 0 aromatic carbocycles. The minimum Gasteiger partial charge on any atom is -0.467 e. The first kappa shape index (κ1) is 11.5. The molecule has 0 fully saturated rings. The summed E-state index contributed by atoms with van der Waals surface area (Å²) in [6.07, 6.45) is 1.69. The number of aromatic nitrogens is 2. The molecule has 0 atom stereocenters. The molecule has 0 N–H and O–H groups in total. The minimum atomic E-state index is 0.384. The van der Waals surface area contributed by atoms with E-state index in [9.17, 15) is 0 Å². The molecule has 0 aliphatic heterocycles. The summed E-state index contributed by atoms with van der Waals surface area (Å²) in [7, 11) is 1.56. The number of anilines is 1. The summed E-state index contributed by atoms with van der Waals surface area (Å²) in [6, 6.07) is 2.29. The maximum absolute atomic E-state index is 5.04. The normalized spacial score (nSPS) is 9.80. The van der Waals surface area contributed by atoms with Crippen molar-refractivity contribution in [2.75, 3.05) is 25.1 Å². The Morgan fingerprint density at radius 3 is 2.53 bits per heavy atom. The number of nitrogens with zero attached hydrogens (tertiary/aromatic N) is 3. The van der Waals surface area contributed by atoms with Gasteiger partial charge in [-0.25, -0.2) is 0 Å². The molecule has 0 bridgehead atoms. The van der Waals surface area contributed by atoms with Gasteiger partial charge in [0.15, 0.2) is 0 Å². The summed E-state index contributed by atoms with van der Waals surface area (Å²) >= 11 is 0. The third-order valence-electron chi connectivity index (χ3n) is 2.19. The molecule has 0 aliphatic carbocycles. The van der Waals surface area contributed by atoms with Gasteiger partial charge in [0.2, 0.25) is 0 Å². The lowest BCUT2D eigenvalue weighted by molar-refractivity contribution is 0.379. The second-order valence-corrected chi connectivity index (χ2v) is 3.01. The monoisotopic (exact) mass is 207 g/mol. The van der Waals surface area contributed by atoms with Gasteiger partial charge in [-0.15, -0.1) is 0 Å². The van der Waals surface area contributed by atoms with E-state index in [-0.39, 0.29) is 0 Å². The van der Waals surface area contributed by atoms with Gasteiger partial charge >= 0.3 is 6.01 Å². The predicted molar refractivity (Wildman–Crippen MR) is 62.2 cm³/mol. The lowest BCUT2D eigenvalue weighted by atomic mass is 10.3. The topological polar surface area (TPSA) is 38.2 Å². The van der Waals surface area contributed by atoms with Gasteiger partial charge in [-0.2, -0.15) is 9.97 Å². The first-order valence-corrected chi connectivity index (χ1v) is 5.05. The maximum atomic E-state index is 5.04. The van der Waals surface area contributed by atoms with Crippen molar-refractivity contribution in [3.8, 4) is 6.01 Å². The van der Waals surface area contributed by atoms with Crippen molar-refractivity contribution in [3.63, 3.8) is 0 Å². The Labute approximate surface area is 90.6 Å². The highest BCUT2D eigenvalue weighted by molar-refractivity contribution is 5.50. The molecule has 1 heterocycles. The van der Waals surface area contributed by atoms with Gasteiger partial charge in [0.1, 0.15) is 5.82 Å². The van der Waals surface area contributed by atoms with Crippen LogP contribution in [0.4, 0.5) is 5.82 Å². The SMILES string of the molecule is C=Cc1cc(N(CC)CC)nc(OC)n1. The van der Waals surface area contributed by atoms with Crippen molar-refractivity contribution in [1.82, 2.24) is 9.97 Å². The fraction of sp³-hybridized carbons (Fsp3) is 0.455. The third-order valence-corrected chi connectivity index (χ3v) is 2.19. The van der Waals surface area contributed by atoms with Crippen LogP contribution in [0.5, 0.6) is 6.01 Å². The van der Waals surface area contributed by atoms with E-state index in [0.717, 1.165) is 24.6 Å². The molecule has 0 saturated carbocycles.